The number of hydrogen-bond acceptors (Lipinski definition) is 4. The zero-order valence-electron chi connectivity index (χ0n) is 13.4. The molecule has 0 atom stereocenters. The predicted molar refractivity (Wildman–Crippen MR) is 94.6 cm³/mol. The van der Waals surface area contributed by atoms with Crippen LogP contribution in [0.15, 0.2) is 48.2 Å². The SMILES string of the molecule is N#Cc1ccc(Cn2cncc2CN2CCc3sccc3C2)cc1. The van der Waals surface area contributed by atoms with E-state index in [0.29, 0.717) is 5.56 Å². The van der Waals surface area contributed by atoms with E-state index in [2.05, 4.69) is 32.0 Å². The summed E-state index contributed by atoms with van der Waals surface area (Å²) in [6, 6.07) is 12.2. The molecule has 0 spiro atoms. The summed E-state index contributed by atoms with van der Waals surface area (Å²) >= 11 is 1.88. The van der Waals surface area contributed by atoms with Gasteiger partial charge in [0, 0.05) is 37.3 Å². The van der Waals surface area contributed by atoms with Gasteiger partial charge in [-0.05, 0) is 41.1 Å². The van der Waals surface area contributed by atoms with Crippen molar-refractivity contribution in [1.29, 1.82) is 5.26 Å². The van der Waals surface area contributed by atoms with Crippen molar-refractivity contribution in [2.24, 2.45) is 0 Å². The highest BCUT2D eigenvalue weighted by Crippen LogP contribution is 2.25. The highest BCUT2D eigenvalue weighted by atomic mass is 32.1. The Morgan fingerprint density at radius 3 is 2.88 bits per heavy atom. The molecule has 0 amide bonds. The fraction of sp³-hybridized carbons (Fsp3) is 0.263. The van der Waals surface area contributed by atoms with Gasteiger partial charge in [0.15, 0.2) is 0 Å². The minimum atomic E-state index is 0.699. The highest BCUT2D eigenvalue weighted by Gasteiger charge is 2.18. The van der Waals surface area contributed by atoms with Gasteiger partial charge in [0.2, 0.25) is 0 Å². The standard InChI is InChI=1S/C19H18N4S/c20-9-15-1-3-16(4-2-15)11-23-14-21-10-18(23)13-22-7-5-19-17(12-22)6-8-24-19/h1-4,6,8,10,14H,5,7,11-13H2. The number of fused-ring (bicyclic) bond motifs is 1. The van der Waals surface area contributed by atoms with Crippen LogP contribution in [0.5, 0.6) is 0 Å². The van der Waals surface area contributed by atoms with Gasteiger partial charge >= 0.3 is 0 Å². The molecule has 1 aliphatic heterocycles. The van der Waals surface area contributed by atoms with Gasteiger partial charge in [-0.25, -0.2) is 4.98 Å². The second kappa shape index (κ2) is 6.60. The Labute approximate surface area is 145 Å². The number of hydrogen-bond donors (Lipinski definition) is 0. The summed E-state index contributed by atoms with van der Waals surface area (Å²) in [5.74, 6) is 0. The first-order chi connectivity index (χ1) is 11.8. The second-order valence-electron chi connectivity index (χ2n) is 6.15. The zero-order valence-corrected chi connectivity index (χ0v) is 14.2. The molecule has 0 N–H and O–H groups in total. The number of thiophene rings is 1. The molecule has 0 saturated heterocycles. The first-order valence-corrected chi connectivity index (χ1v) is 8.95. The van der Waals surface area contributed by atoms with Crippen molar-refractivity contribution in [2.45, 2.75) is 26.1 Å². The molecule has 0 bridgehead atoms. The maximum Gasteiger partial charge on any atom is 0.0991 e. The van der Waals surface area contributed by atoms with Gasteiger partial charge in [0.25, 0.3) is 0 Å². The quantitative estimate of drug-likeness (QED) is 0.734. The smallest absolute Gasteiger partial charge is 0.0991 e. The molecule has 2 aromatic heterocycles. The molecule has 3 aromatic rings. The van der Waals surface area contributed by atoms with Crippen LogP contribution in [0.2, 0.25) is 0 Å². The number of nitrogens with zero attached hydrogens (tertiary/aromatic N) is 4. The third-order valence-electron chi connectivity index (χ3n) is 4.51. The third kappa shape index (κ3) is 3.12. The number of rotatable bonds is 4. The maximum absolute atomic E-state index is 8.90. The average Bonchev–Trinajstić information content (AvgIpc) is 3.25. The molecule has 4 nitrogen and oxygen atoms in total. The van der Waals surface area contributed by atoms with Crippen molar-refractivity contribution in [3.8, 4) is 6.07 Å². The van der Waals surface area contributed by atoms with Crippen molar-refractivity contribution >= 4 is 11.3 Å². The number of nitriles is 1. The molecule has 1 aromatic carbocycles. The summed E-state index contributed by atoms with van der Waals surface area (Å²) in [5, 5.41) is 11.1. The molecule has 4 rings (SSSR count). The number of imidazole rings is 1. The van der Waals surface area contributed by atoms with E-state index in [1.165, 1.54) is 21.7 Å². The van der Waals surface area contributed by atoms with E-state index < -0.39 is 0 Å². The predicted octanol–water partition coefficient (Wildman–Crippen LogP) is 3.42. The van der Waals surface area contributed by atoms with E-state index in [-0.39, 0.29) is 0 Å². The summed E-state index contributed by atoms with van der Waals surface area (Å²) < 4.78 is 2.20. The Hall–Kier alpha value is -2.42. The molecule has 120 valence electrons. The van der Waals surface area contributed by atoms with E-state index in [1.54, 1.807) is 0 Å². The Bertz CT molecular complexity index is 869. The molecule has 1 aliphatic rings. The number of benzene rings is 1. The van der Waals surface area contributed by atoms with Crippen molar-refractivity contribution < 1.29 is 0 Å². The molecule has 3 heterocycles. The minimum absolute atomic E-state index is 0.699. The second-order valence-corrected chi connectivity index (χ2v) is 7.15. The Kier molecular flexibility index (Phi) is 4.16. The van der Waals surface area contributed by atoms with Crippen LogP contribution in [0, 0.1) is 11.3 Å². The first kappa shape index (κ1) is 15.1. The zero-order chi connectivity index (χ0) is 16.4. The summed E-state index contributed by atoms with van der Waals surface area (Å²) in [7, 11) is 0. The van der Waals surface area contributed by atoms with Crippen molar-refractivity contribution in [2.75, 3.05) is 6.54 Å². The monoisotopic (exact) mass is 334 g/mol. The van der Waals surface area contributed by atoms with Gasteiger partial charge in [-0.3, -0.25) is 4.90 Å². The van der Waals surface area contributed by atoms with Crippen molar-refractivity contribution in [3.05, 3.63) is 75.5 Å². The number of aromatic nitrogens is 2. The normalized spacial score (nSPS) is 14.3. The van der Waals surface area contributed by atoms with Gasteiger partial charge < -0.3 is 4.57 Å². The van der Waals surface area contributed by atoms with Crippen molar-refractivity contribution in [3.63, 3.8) is 0 Å². The summed E-state index contributed by atoms with van der Waals surface area (Å²) in [5.41, 5.74) is 4.60. The molecule has 24 heavy (non-hydrogen) atoms. The fourth-order valence-corrected chi connectivity index (χ4v) is 4.06. The van der Waals surface area contributed by atoms with Crippen LogP contribution in [0.25, 0.3) is 0 Å². The van der Waals surface area contributed by atoms with Crippen LogP contribution < -0.4 is 0 Å². The molecular formula is C19H18N4S. The molecular weight excluding hydrogens is 316 g/mol. The summed E-state index contributed by atoms with van der Waals surface area (Å²) in [4.78, 5) is 8.36. The molecule has 5 heteroatoms. The molecule has 0 aliphatic carbocycles. The molecule has 0 unspecified atom stereocenters. The molecule has 0 radical (unpaired) electrons. The Morgan fingerprint density at radius 2 is 2.04 bits per heavy atom. The lowest BCUT2D eigenvalue weighted by Crippen LogP contribution is -2.30. The maximum atomic E-state index is 8.90. The van der Waals surface area contributed by atoms with Gasteiger partial charge in [0.05, 0.1) is 23.7 Å². The summed E-state index contributed by atoms with van der Waals surface area (Å²) in [6.07, 6.45) is 5.01. The lowest BCUT2D eigenvalue weighted by molar-refractivity contribution is 0.241. The van der Waals surface area contributed by atoms with E-state index in [9.17, 15) is 0 Å². The van der Waals surface area contributed by atoms with Crippen LogP contribution in [0.3, 0.4) is 0 Å². The van der Waals surface area contributed by atoms with Gasteiger partial charge in [-0.1, -0.05) is 12.1 Å². The topological polar surface area (TPSA) is 44.9 Å². The Balaban J connectivity index is 1.46. The van der Waals surface area contributed by atoms with E-state index in [4.69, 9.17) is 5.26 Å². The van der Waals surface area contributed by atoms with Crippen LogP contribution in [-0.4, -0.2) is 21.0 Å². The first-order valence-electron chi connectivity index (χ1n) is 8.07. The van der Waals surface area contributed by atoms with E-state index in [1.807, 2.05) is 48.1 Å². The van der Waals surface area contributed by atoms with Crippen LogP contribution in [0.1, 0.15) is 27.3 Å². The molecule has 0 saturated carbocycles. The largest absolute Gasteiger partial charge is 0.329 e. The third-order valence-corrected chi connectivity index (χ3v) is 5.53. The van der Waals surface area contributed by atoms with Crippen LogP contribution in [0.4, 0.5) is 0 Å². The highest BCUT2D eigenvalue weighted by molar-refractivity contribution is 7.10. The van der Waals surface area contributed by atoms with Gasteiger partial charge in [-0.2, -0.15) is 5.26 Å². The average molecular weight is 334 g/mol. The van der Waals surface area contributed by atoms with Gasteiger partial charge in [-0.15, -0.1) is 11.3 Å². The lowest BCUT2D eigenvalue weighted by Gasteiger charge is -2.27. The van der Waals surface area contributed by atoms with Crippen LogP contribution >= 0.6 is 11.3 Å². The van der Waals surface area contributed by atoms with Crippen molar-refractivity contribution in [1.82, 2.24) is 14.5 Å². The van der Waals surface area contributed by atoms with Crippen LogP contribution in [-0.2, 0) is 26.1 Å². The van der Waals surface area contributed by atoms with E-state index in [0.717, 1.165) is 32.6 Å². The molecule has 0 fully saturated rings. The fourth-order valence-electron chi connectivity index (χ4n) is 3.17. The van der Waals surface area contributed by atoms with Gasteiger partial charge in [0.1, 0.15) is 0 Å². The summed E-state index contributed by atoms with van der Waals surface area (Å²) in [6.45, 7) is 3.85. The Morgan fingerprint density at radius 1 is 1.17 bits per heavy atom. The minimum Gasteiger partial charge on any atom is -0.329 e. The lowest BCUT2D eigenvalue weighted by atomic mass is 10.1. The van der Waals surface area contributed by atoms with E-state index >= 15 is 0 Å².